The van der Waals surface area contributed by atoms with E-state index in [-0.39, 0.29) is 0 Å². The Kier molecular flexibility index (Phi) is 15.4. The third-order valence-corrected chi connectivity index (χ3v) is 1.10. The summed E-state index contributed by atoms with van der Waals surface area (Å²) >= 11 is 2.36. The molecule has 7 heteroatoms. The maximum atomic E-state index is 8.74. The fourth-order valence-corrected chi connectivity index (χ4v) is 0. The van der Waals surface area contributed by atoms with Gasteiger partial charge >= 0.3 is 76.2 Å². The van der Waals surface area contributed by atoms with Crippen LogP contribution in [0.5, 0.6) is 0 Å². The molecule has 46 valence electrons. The van der Waals surface area contributed by atoms with Gasteiger partial charge in [0.25, 0.3) is 0 Å². The Balaban J connectivity index is 0. The second-order valence-electron chi connectivity index (χ2n) is 1.86. The molecule has 0 bridgehead atoms. The molecular formula is C2H7Na2O4P. The van der Waals surface area contributed by atoms with Crippen molar-refractivity contribution >= 4 is 64.1 Å². The van der Waals surface area contributed by atoms with Gasteiger partial charge in [-0.2, -0.15) is 0 Å². The van der Waals surface area contributed by atoms with Gasteiger partial charge in [-0.25, -0.2) is 0 Å². The summed E-state index contributed by atoms with van der Waals surface area (Å²) in [6, 6.07) is 0. The molecule has 0 amide bonds. The molecule has 0 radical (unpaired) electrons. The third kappa shape index (κ3) is 39.4. The Hall–Kier alpha value is 2.11. The van der Waals surface area contributed by atoms with Crippen molar-refractivity contribution in [1.82, 2.24) is 0 Å². The Morgan fingerprint density at radius 1 is 1.44 bits per heavy atom. The van der Waals surface area contributed by atoms with Crippen LogP contribution in [0.15, 0.2) is 0 Å². The molecule has 0 rings (SSSR count). The number of aliphatic hydroxyl groups excluding tert-OH is 1. The van der Waals surface area contributed by atoms with Crippen LogP contribution in [0.2, 0.25) is 0.417 Å². The molecule has 0 aromatic carbocycles. The normalized spacial score (nSPS) is 9.44. The van der Waals surface area contributed by atoms with Crippen molar-refractivity contribution < 1.29 is 19.5 Å². The van der Waals surface area contributed by atoms with Crippen LogP contribution in [0.1, 0.15) is 0 Å². The second-order valence-corrected chi connectivity index (χ2v) is 8.68. The molecule has 0 saturated heterocycles. The first-order valence-corrected chi connectivity index (χ1v) is 6.14. The van der Waals surface area contributed by atoms with Gasteiger partial charge in [0.15, 0.2) is 0 Å². The Morgan fingerprint density at radius 3 is 1.56 bits per heavy atom. The minimum atomic E-state index is -3.13. The van der Waals surface area contributed by atoms with Crippen LogP contribution >= 0.6 is 8.25 Å². The predicted molar refractivity (Wildman–Crippen MR) is 35.8 cm³/mol. The summed E-state index contributed by atoms with van der Waals surface area (Å²) in [7, 11) is -3.13. The number of hydrogen-bond donors (Lipinski definition) is 3. The quantitative estimate of drug-likeness (QED) is 0.329. The van der Waals surface area contributed by atoms with E-state index < -0.39 is 8.25 Å². The van der Waals surface area contributed by atoms with E-state index in [0.29, 0.717) is 6.61 Å². The summed E-state index contributed by atoms with van der Waals surface area (Å²) in [6.45, 7) is 0.429. The molecule has 0 aliphatic rings. The maximum absolute atomic E-state index is 8.74. The number of rotatable bonds is 1. The molecule has 0 aromatic heterocycles. The van der Waals surface area contributed by atoms with Crippen LogP contribution in [0.25, 0.3) is 0 Å². The summed E-state index contributed by atoms with van der Waals surface area (Å²) in [4.78, 5) is 14.3. The van der Waals surface area contributed by atoms with Crippen LogP contribution in [-0.2, 0) is 4.57 Å². The topological polar surface area (TPSA) is 77.8 Å². The minimum absolute atomic E-state index is 0.429. The van der Waals surface area contributed by atoms with Gasteiger partial charge in [-0.15, -0.1) is 0 Å². The summed E-state index contributed by atoms with van der Waals surface area (Å²) in [5.41, 5.74) is 0. The van der Waals surface area contributed by atoms with Crippen molar-refractivity contribution in [3.8, 4) is 0 Å². The standard InChI is InChI=1S/C2H4O.2Na.H3O3P/c1-2-3;;;1-4(2)3/h1,3H,2H2;;;4H,(H2,1,2,3). The summed E-state index contributed by atoms with van der Waals surface area (Å²) in [5.74, 6) is 0. The molecule has 0 saturated carbocycles. The number of aliphatic hydroxyl groups is 1. The monoisotopic (exact) mass is 172 g/mol. The van der Waals surface area contributed by atoms with E-state index in [0.717, 1.165) is 0.417 Å². The van der Waals surface area contributed by atoms with Gasteiger partial charge in [0, 0.05) is 0 Å². The first-order valence-electron chi connectivity index (χ1n) is 2.53. The van der Waals surface area contributed by atoms with Crippen molar-refractivity contribution in [1.29, 1.82) is 0 Å². The average Bonchev–Trinajstić information content (AvgIpc) is 1.65. The molecule has 4 nitrogen and oxygen atoms in total. The number of hydrogen-bond acceptors (Lipinski definition) is 2. The SMILES string of the molecule is O=[PH](O)O.OC[CH]([Na])[Na]. The Bertz CT molecular complexity index is 73.0. The molecule has 0 aromatic rings. The predicted octanol–water partition coefficient (Wildman–Crippen LogP) is -1.58. The Morgan fingerprint density at radius 2 is 1.56 bits per heavy atom. The molecule has 0 aliphatic heterocycles. The molecule has 0 atom stereocenters. The van der Waals surface area contributed by atoms with E-state index >= 15 is 0 Å². The van der Waals surface area contributed by atoms with Crippen molar-refractivity contribution in [3.05, 3.63) is 0 Å². The molecule has 0 fully saturated rings. The fourth-order valence-electron chi connectivity index (χ4n) is 0. The van der Waals surface area contributed by atoms with Crippen LogP contribution < -0.4 is 0 Å². The molecule has 9 heavy (non-hydrogen) atoms. The van der Waals surface area contributed by atoms with E-state index in [1.54, 1.807) is 0 Å². The molecule has 0 unspecified atom stereocenters. The molecule has 0 spiro atoms. The van der Waals surface area contributed by atoms with Crippen molar-refractivity contribution in [2.45, 2.75) is 0.417 Å². The summed E-state index contributed by atoms with van der Waals surface area (Å²) < 4.78 is 9.46. The van der Waals surface area contributed by atoms with Gasteiger partial charge in [-0.3, -0.25) is 4.57 Å². The van der Waals surface area contributed by atoms with Crippen LogP contribution in [-0.4, -0.2) is 77.4 Å². The second kappa shape index (κ2) is 10.1. The zero-order chi connectivity index (χ0) is 7.86. The van der Waals surface area contributed by atoms with Gasteiger partial charge in [0.05, 0.1) is 0 Å². The first-order chi connectivity index (χ1) is 4.00. The van der Waals surface area contributed by atoms with E-state index in [2.05, 4.69) is 0 Å². The Labute approximate surface area is 89.4 Å². The van der Waals surface area contributed by atoms with Gasteiger partial charge < -0.3 is 9.79 Å². The molecular weight excluding hydrogens is 165 g/mol. The van der Waals surface area contributed by atoms with Crippen molar-refractivity contribution in [3.63, 3.8) is 0 Å². The average molecular weight is 172 g/mol. The van der Waals surface area contributed by atoms with E-state index in [9.17, 15) is 0 Å². The van der Waals surface area contributed by atoms with Crippen molar-refractivity contribution in [2.24, 2.45) is 0 Å². The van der Waals surface area contributed by atoms with E-state index in [1.807, 2.05) is 0 Å². The summed E-state index contributed by atoms with van der Waals surface area (Å²) in [5, 5.41) is 8.21. The van der Waals surface area contributed by atoms with Crippen LogP contribution in [0.3, 0.4) is 0 Å². The van der Waals surface area contributed by atoms with Crippen LogP contribution in [0, 0.1) is 0 Å². The first kappa shape index (κ1) is 13.7. The molecule has 0 aliphatic carbocycles. The van der Waals surface area contributed by atoms with Gasteiger partial charge in [0.2, 0.25) is 0 Å². The zero-order valence-corrected chi connectivity index (χ0v) is 10.5. The van der Waals surface area contributed by atoms with E-state index in [4.69, 9.17) is 19.5 Å². The van der Waals surface area contributed by atoms with Gasteiger partial charge in [-0.1, -0.05) is 0 Å². The zero-order valence-electron chi connectivity index (χ0n) is 5.53. The fraction of sp³-hybridized carbons (Fsp3) is 1.00. The van der Waals surface area contributed by atoms with Crippen molar-refractivity contribution in [2.75, 3.05) is 6.61 Å². The molecule has 3 N–H and O–H groups in total. The van der Waals surface area contributed by atoms with Gasteiger partial charge in [0.1, 0.15) is 0 Å². The van der Waals surface area contributed by atoms with E-state index in [1.165, 1.54) is 55.9 Å². The summed E-state index contributed by atoms with van der Waals surface area (Å²) in [6.07, 6.45) is 0. The van der Waals surface area contributed by atoms with Gasteiger partial charge in [-0.05, 0) is 0 Å². The molecule has 0 heterocycles. The third-order valence-electron chi connectivity index (χ3n) is 0.365. The van der Waals surface area contributed by atoms with Crippen LogP contribution in [0.4, 0.5) is 0 Å².